The maximum Gasteiger partial charge on any atom is 0.332 e. The Balaban J connectivity index is 1.84. The zero-order chi connectivity index (χ0) is 24.7. The van der Waals surface area contributed by atoms with Crippen LogP contribution < -0.4 is 22.5 Å². The Hall–Kier alpha value is -3.92. The smallest absolute Gasteiger partial charge is 0.332 e. The van der Waals surface area contributed by atoms with Gasteiger partial charge < -0.3 is 5.73 Å². The lowest BCUT2D eigenvalue weighted by Crippen LogP contribution is -2.41. The van der Waals surface area contributed by atoms with E-state index < -0.39 is 17.0 Å². The highest BCUT2D eigenvalue weighted by Gasteiger charge is 2.22. The average molecular weight is 478 g/mol. The molecular weight excluding hydrogens is 454 g/mol. The largest absolute Gasteiger partial charge is 0.384 e. The third-order valence-corrected chi connectivity index (χ3v) is 6.61. The first-order valence-corrected chi connectivity index (χ1v) is 11.4. The van der Waals surface area contributed by atoms with E-state index in [-0.39, 0.29) is 22.7 Å². The predicted octanol–water partition coefficient (Wildman–Crippen LogP) is 1.96. The maximum atomic E-state index is 13.5. The van der Waals surface area contributed by atoms with Gasteiger partial charge in [-0.2, -0.15) is 0 Å². The molecule has 0 aliphatic heterocycles. The third kappa shape index (κ3) is 3.86. The van der Waals surface area contributed by atoms with Gasteiger partial charge in [0.1, 0.15) is 11.4 Å². The Kier molecular flexibility index (Phi) is 6.01. The summed E-state index contributed by atoms with van der Waals surface area (Å²) in [5, 5.41) is 0.765. The minimum absolute atomic E-state index is 0.197. The van der Waals surface area contributed by atoms with Crippen LogP contribution in [0.2, 0.25) is 0 Å². The van der Waals surface area contributed by atoms with Crippen LogP contribution in [0.3, 0.4) is 0 Å². The highest BCUT2D eigenvalue weighted by atomic mass is 32.2. The van der Waals surface area contributed by atoms with Gasteiger partial charge in [0.15, 0.2) is 10.9 Å². The summed E-state index contributed by atoms with van der Waals surface area (Å²) in [6, 6.07) is 12.8. The Morgan fingerprint density at radius 3 is 2.44 bits per heavy atom. The van der Waals surface area contributed by atoms with Crippen LogP contribution in [-0.2, 0) is 14.1 Å². The Labute approximate surface area is 198 Å². The first-order valence-electron chi connectivity index (χ1n) is 10.4. The van der Waals surface area contributed by atoms with Crippen LogP contribution in [0.1, 0.15) is 21.5 Å². The molecule has 9 nitrogen and oxygen atoms in total. The fourth-order valence-electron chi connectivity index (χ4n) is 3.71. The third-order valence-electron chi connectivity index (χ3n) is 5.67. The number of aromatic nitrogens is 4. The molecule has 10 heteroatoms. The number of thioether (sulfide) groups is 1. The van der Waals surface area contributed by atoms with E-state index in [9.17, 15) is 19.2 Å². The summed E-state index contributed by atoms with van der Waals surface area (Å²) in [4.78, 5) is 55.8. The number of nitrogens with two attached hydrogens (primary N) is 1. The number of benzene rings is 2. The number of hydrogen-bond donors (Lipinski definition) is 1. The maximum absolute atomic E-state index is 13.5. The second-order valence-electron chi connectivity index (χ2n) is 8.02. The summed E-state index contributed by atoms with van der Waals surface area (Å²) in [5.74, 6) is -0.960. The lowest BCUT2D eigenvalue weighted by molar-refractivity contribution is 0.102. The fourth-order valence-corrected chi connectivity index (χ4v) is 4.58. The molecule has 34 heavy (non-hydrogen) atoms. The van der Waals surface area contributed by atoms with Crippen LogP contribution in [0.15, 0.2) is 62.0 Å². The summed E-state index contributed by atoms with van der Waals surface area (Å²) in [6.07, 6.45) is 0. The normalized spacial score (nSPS) is 11.2. The number of fused-ring (bicyclic) bond motifs is 1. The summed E-state index contributed by atoms with van der Waals surface area (Å²) >= 11 is 1.03. The molecule has 0 aliphatic rings. The van der Waals surface area contributed by atoms with E-state index >= 15 is 0 Å². The van der Waals surface area contributed by atoms with Crippen molar-refractivity contribution in [2.75, 3.05) is 11.5 Å². The first-order chi connectivity index (χ1) is 16.1. The van der Waals surface area contributed by atoms with E-state index in [2.05, 4.69) is 4.98 Å². The number of hydrogen-bond acceptors (Lipinski definition) is 7. The van der Waals surface area contributed by atoms with Gasteiger partial charge in [-0.05, 0) is 43.2 Å². The second-order valence-corrected chi connectivity index (χ2v) is 8.96. The SMILES string of the molecule is Cc1ccc(C)c(-n2c(SCC(=O)c3c(N)n(C)c(=O)n(C)c3=O)nc3ccccc3c2=O)c1. The molecule has 0 saturated heterocycles. The molecule has 0 amide bonds. The van der Waals surface area contributed by atoms with Crippen LogP contribution in [0.5, 0.6) is 0 Å². The molecule has 2 aromatic carbocycles. The van der Waals surface area contributed by atoms with Gasteiger partial charge in [0.25, 0.3) is 11.1 Å². The summed E-state index contributed by atoms with van der Waals surface area (Å²) in [7, 11) is 2.68. The Morgan fingerprint density at radius 2 is 1.71 bits per heavy atom. The minimum atomic E-state index is -0.760. The zero-order valence-electron chi connectivity index (χ0n) is 19.2. The molecule has 2 heterocycles. The van der Waals surface area contributed by atoms with Gasteiger partial charge in [0.2, 0.25) is 0 Å². The molecule has 2 N–H and O–H groups in total. The van der Waals surface area contributed by atoms with Gasteiger partial charge in [-0.15, -0.1) is 0 Å². The van der Waals surface area contributed by atoms with E-state index in [1.54, 1.807) is 24.3 Å². The topological polar surface area (TPSA) is 122 Å². The number of anilines is 1. The number of nitrogen functional groups attached to an aromatic ring is 1. The van der Waals surface area contributed by atoms with Crippen LogP contribution in [0.4, 0.5) is 5.82 Å². The number of rotatable bonds is 5. The van der Waals surface area contributed by atoms with Crippen LogP contribution in [-0.4, -0.2) is 30.2 Å². The average Bonchev–Trinajstić information content (AvgIpc) is 2.82. The minimum Gasteiger partial charge on any atom is -0.384 e. The van der Waals surface area contributed by atoms with Crippen molar-refractivity contribution in [2.45, 2.75) is 19.0 Å². The van der Waals surface area contributed by atoms with Crippen molar-refractivity contribution in [3.63, 3.8) is 0 Å². The van der Waals surface area contributed by atoms with E-state index in [4.69, 9.17) is 5.73 Å². The van der Waals surface area contributed by atoms with Crippen LogP contribution in [0.25, 0.3) is 16.6 Å². The molecule has 0 bridgehead atoms. The Morgan fingerprint density at radius 1 is 1.00 bits per heavy atom. The molecule has 0 atom stereocenters. The first kappa shape index (κ1) is 23.2. The van der Waals surface area contributed by atoms with E-state index in [0.29, 0.717) is 21.7 Å². The molecule has 4 rings (SSSR count). The molecular formula is C24H23N5O4S. The van der Waals surface area contributed by atoms with Gasteiger partial charge in [-0.25, -0.2) is 9.78 Å². The number of nitrogens with zero attached hydrogens (tertiary/aromatic N) is 4. The van der Waals surface area contributed by atoms with Crippen molar-refractivity contribution in [2.24, 2.45) is 14.1 Å². The molecule has 0 spiro atoms. The molecule has 174 valence electrons. The molecule has 0 saturated carbocycles. The predicted molar refractivity (Wildman–Crippen MR) is 133 cm³/mol. The molecule has 4 aromatic rings. The zero-order valence-corrected chi connectivity index (χ0v) is 20.0. The van der Waals surface area contributed by atoms with Crippen molar-refractivity contribution in [1.29, 1.82) is 0 Å². The van der Waals surface area contributed by atoms with Gasteiger partial charge >= 0.3 is 5.69 Å². The number of ketones is 1. The quantitative estimate of drug-likeness (QED) is 0.265. The van der Waals surface area contributed by atoms with Gasteiger partial charge in [-0.1, -0.05) is 36.0 Å². The van der Waals surface area contributed by atoms with E-state index in [0.717, 1.165) is 32.0 Å². The molecule has 0 aliphatic carbocycles. The number of carbonyl (C=O) groups excluding carboxylic acids is 1. The molecule has 0 unspecified atom stereocenters. The number of carbonyl (C=O) groups is 1. The molecule has 0 fully saturated rings. The van der Waals surface area contributed by atoms with Crippen molar-refractivity contribution in [3.05, 3.63) is 90.3 Å². The lowest BCUT2D eigenvalue weighted by atomic mass is 10.1. The molecule has 0 radical (unpaired) electrons. The Bertz CT molecular complexity index is 1650. The highest BCUT2D eigenvalue weighted by molar-refractivity contribution is 7.99. The van der Waals surface area contributed by atoms with Gasteiger partial charge in [-0.3, -0.25) is 28.1 Å². The highest BCUT2D eigenvalue weighted by Crippen LogP contribution is 2.24. The standard InChI is InChI=1S/C24H23N5O4S/c1-13-9-10-14(2)17(11-13)29-21(31)15-7-5-6-8-16(15)26-23(29)34-12-18(30)19-20(25)27(3)24(33)28(4)22(19)32/h5-11H,12,25H2,1-4H3. The number of Topliss-reactive ketones (excluding diaryl/α,β-unsaturated/α-hetero) is 1. The van der Waals surface area contributed by atoms with E-state index in [1.165, 1.54) is 18.7 Å². The van der Waals surface area contributed by atoms with Crippen LogP contribution >= 0.6 is 11.8 Å². The van der Waals surface area contributed by atoms with Crippen molar-refractivity contribution in [1.82, 2.24) is 18.7 Å². The number of aryl methyl sites for hydroxylation is 2. The fraction of sp³-hybridized carbons (Fsp3) is 0.208. The van der Waals surface area contributed by atoms with Crippen LogP contribution in [0, 0.1) is 13.8 Å². The van der Waals surface area contributed by atoms with Crippen molar-refractivity contribution >= 4 is 34.3 Å². The second kappa shape index (κ2) is 8.79. The number of para-hydroxylation sites is 1. The van der Waals surface area contributed by atoms with Gasteiger partial charge in [0, 0.05) is 14.1 Å². The monoisotopic (exact) mass is 477 g/mol. The van der Waals surface area contributed by atoms with Gasteiger partial charge in [0.05, 0.1) is 22.3 Å². The summed E-state index contributed by atoms with van der Waals surface area (Å²) in [6.45, 7) is 3.82. The van der Waals surface area contributed by atoms with E-state index in [1.807, 2.05) is 32.0 Å². The van der Waals surface area contributed by atoms with Crippen molar-refractivity contribution in [3.8, 4) is 5.69 Å². The summed E-state index contributed by atoms with van der Waals surface area (Å²) in [5.41, 5.74) is 7.03. The lowest BCUT2D eigenvalue weighted by Gasteiger charge is -2.16. The summed E-state index contributed by atoms with van der Waals surface area (Å²) < 4.78 is 3.39. The van der Waals surface area contributed by atoms with Crippen molar-refractivity contribution < 1.29 is 4.79 Å². The molecule has 2 aromatic heterocycles.